The van der Waals surface area contributed by atoms with Crippen molar-refractivity contribution in [3.05, 3.63) is 69.7 Å². The standard InChI is InChI=1S/C22H14B4ClF2N3O4/c23-15-16(24)21(25,20(36)32(26)18(15)34)31-9-11-7-10(1-6-14(11)17(31)33)8-30-19(35)22(28,29)12-2-4-13(27)5-3-12/h1-7,15-16H,8-9H2,(H,30,35). The van der Waals surface area contributed by atoms with Gasteiger partial charge in [0.15, 0.2) is 0 Å². The topological polar surface area (TPSA) is 86.8 Å². The van der Waals surface area contributed by atoms with Gasteiger partial charge in [-0.2, -0.15) is 8.78 Å². The number of imide groups is 1. The zero-order valence-corrected chi connectivity index (χ0v) is 19.3. The lowest BCUT2D eigenvalue weighted by Crippen LogP contribution is -2.68. The third kappa shape index (κ3) is 4.03. The molecule has 4 rings (SSSR count). The number of nitrogens with zero attached hydrogens (tertiary/aromatic N) is 2. The average molecular weight is 501 g/mol. The summed E-state index contributed by atoms with van der Waals surface area (Å²) >= 11 is 5.71. The zero-order chi connectivity index (χ0) is 26.6. The first-order chi connectivity index (χ1) is 16.8. The molecule has 0 aromatic heterocycles. The monoisotopic (exact) mass is 501 g/mol. The molecule has 3 atom stereocenters. The highest BCUT2D eigenvalue weighted by Crippen LogP contribution is 2.43. The smallest absolute Gasteiger partial charge is 0.346 e. The zero-order valence-electron chi connectivity index (χ0n) is 18.6. The number of carbonyl (C=O) groups excluding carboxylic acids is 4. The van der Waals surface area contributed by atoms with Gasteiger partial charge in [0.25, 0.3) is 11.8 Å². The Morgan fingerprint density at radius 2 is 1.78 bits per heavy atom. The summed E-state index contributed by atoms with van der Waals surface area (Å²) in [6.45, 7) is -0.465. The number of benzene rings is 2. The predicted molar refractivity (Wildman–Crippen MR) is 129 cm³/mol. The van der Waals surface area contributed by atoms with Crippen molar-refractivity contribution in [3.8, 4) is 0 Å². The Labute approximate surface area is 215 Å². The summed E-state index contributed by atoms with van der Waals surface area (Å²) in [6, 6.07) is 8.98. The van der Waals surface area contributed by atoms with E-state index in [1.165, 1.54) is 30.3 Å². The summed E-state index contributed by atoms with van der Waals surface area (Å²) in [5, 5.41) is 2.42. The van der Waals surface area contributed by atoms with Crippen LogP contribution in [0.5, 0.6) is 0 Å². The molecule has 0 bridgehead atoms. The molecule has 1 N–H and O–H groups in total. The molecule has 0 saturated carbocycles. The molecule has 174 valence electrons. The quantitative estimate of drug-likeness (QED) is 0.489. The number of carbonyl (C=O) groups is 4. The van der Waals surface area contributed by atoms with Gasteiger partial charge in [-0.15, -0.1) is 0 Å². The summed E-state index contributed by atoms with van der Waals surface area (Å²) < 4.78 is 29.0. The Balaban J connectivity index is 1.51. The largest absolute Gasteiger partial charge is 0.349 e. The van der Waals surface area contributed by atoms with Crippen molar-refractivity contribution >= 4 is 66.7 Å². The van der Waals surface area contributed by atoms with Crippen LogP contribution in [0.25, 0.3) is 0 Å². The van der Waals surface area contributed by atoms with Crippen molar-refractivity contribution in [2.45, 2.75) is 36.1 Å². The molecular weight excluding hydrogens is 487 g/mol. The second-order valence-electron chi connectivity index (χ2n) is 8.54. The van der Waals surface area contributed by atoms with Gasteiger partial charge >= 0.3 is 5.92 Å². The maximum absolute atomic E-state index is 14.5. The van der Waals surface area contributed by atoms with Crippen LogP contribution in [-0.4, -0.2) is 70.3 Å². The lowest BCUT2D eigenvalue weighted by Gasteiger charge is -2.51. The summed E-state index contributed by atoms with van der Waals surface area (Å²) in [4.78, 5) is 51.2. The summed E-state index contributed by atoms with van der Waals surface area (Å²) in [5.74, 6) is -10.9. The van der Waals surface area contributed by atoms with E-state index in [-0.39, 0.29) is 28.5 Å². The van der Waals surface area contributed by atoms with Crippen molar-refractivity contribution in [2.75, 3.05) is 0 Å². The minimum Gasteiger partial charge on any atom is -0.346 e. The van der Waals surface area contributed by atoms with Crippen LogP contribution in [0.15, 0.2) is 42.5 Å². The van der Waals surface area contributed by atoms with Crippen LogP contribution < -0.4 is 5.32 Å². The van der Waals surface area contributed by atoms with Crippen LogP contribution in [0.4, 0.5) is 8.78 Å². The van der Waals surface area contributed by atoms with Gasteiger partial charge in [-0.1, -0.05) is 41.7 Å². The van der Waals surface area contributed by atoms with E-state index in [0.717, 1.165) is 17.0 Å². The van der Waals surface area contributed by atoms with Crippen LogP contribution in [0.3, 0.4) is 0 Å². The summed E-state index contributed by atoms with van der Waals surface area (Å²) in [6.07, 6.45) is 0. The van der Waals surface area contributed by atoms with Crippen LogP contribution >= 0.6 is 11.6 Å². The third-order valence-corrected chi connectivity index (χ3v) is 6.60. The van der Waals surface area contributed by atoms with Gasteiger partial charge in [0.2, 0.25) is 19.8 Å². The van der Waals surface area contributed by atoms with E-state index in [1.807, 2.05) is 0 Å². The molecule has 4 amide bonds. The number of halogens is 3. The molecule has 2 aliphatic rings. The summed E-state index contributed by atoms with van der Waals surface area (Å²) in [5.41, 5.74) is -1.74. The van der Waals surface area contributed by atoms with Crippen molar-refractivity contribution in [1.29, 1.82) is 0 Å². The van der Waals surface area contributed by atoms with E-state index in [4.69, 9.17) is 43.1 Å². The molecule has 3 unspecified atom stereocenters. The number of nitrogens with one attached hydrogen (secondary N) is 1. The number of piperidine rings is 1. The Morgan fingerprint density at radius 3 is 2.42 bits per heavy atom. The van der Waals surface area contributed by atoms with E-state index in [1.54, 1.807) is 0 Å². The Hall–Kier alpha value is -3.07. The minimum atomic E-state index is -3.80. The molecule has 2 aromatic carbocycles. The fraction of sp³-hybridized carbons (Fsp3) is 0.273. The molecule has 7 nitrogen and oxygen atoms in total. The normalized spacial score (nSPS) is 24.1. The number of alkyl halides is 2. The highest BCUT2D eigenvalue weighted by Gasteiger charge is 2.55. The van der Waals surface area contributed by atoms with Crippen molar-refractivity contribution in [2.24, 2.45) is 0 Å². The lowest BCUT2D eigenvalue weighted by atomic mass is 9.48. The molecule has 36 heavy (non-hydrogen) atoms. The molecule has 1 fully saturated rings. The molecule has 1 saturated heterocycles. The molecule has 0 aliphatic carbocycles. The Kier molecular flexibility index (Phi) is 6.58. The number of hydrogen-bond acceptors (Lipinski definition) is 4. The molecule has 2 aromatic rings. The van der Waals surface area contributed by atoms with E-state index in [2.05, 4.69) is 5.32 Å². The predicted octanol–water partition coefficient (Wildman–Crippen LogP) is 0.935. The number of hydrogen-bond donors (Lipinski definition) is 1. The first-order valence-corrected chi connectivity index (χ1v) is 11.0. The van der Waals surface area contributed by atoms with Crippen LogP contribution in [0.1, 0.15) is 27.0 Å². The first-order valence-electron chi connectivity index (χ1n) is 10.6. The van der Waals surface area contributed by atoms with Gasteiger partial charge in [0, 0.05) is 29.2 Å². The molecule has 2 aliphatic heterocycles. The van der Waals surface area contributed by atoms with Crippen LogP contribution in [-0.2, 0) is 33.4 Å². The highest BCUT2D eigenvalue weighted by molar-refractivity contribution is 6.47. The molecule has 2 heterocycles. The van der Waals surface area contributed by atoms with Gasteiger partial charge in [0.1, 0.15) is 7.85 Å². The lowest BCUT2D eigenvalue weighted by molar-refractivity contribution is -0.148. The van der Waals surface area contributed by atoms with E-state index < -0.39 is 52.2 Å². The Bertz CT molecular complexity index is 1280. The SMILES string of the molecule is [B]C1C(=O)N([B])C(=O)C([B])(N2Cc3cc(CNC(=O)C(F)(F)c4ccc(Cl)cc4)ccc3C2=O)C1[B]. The average Bonchev–Trinajstić information content (AvgIpc) is 3.19. The fourth-order valence-electron chi connectivity index (χ4n) is 4.19. The number of amides is 4. The van der Waals surface area contributed by atoms with E-state index >= 15 is 0 Å². The minimum absolute atomic E-state index is 0.176. The van der Waals surface area contributed by atoms with Crippen molar-refractivity contribution in [3.63, 3.8) is 0 Å². The molecule has 14 heteroatoms. The van der Waals surface area contributed by atoms with Crippen LogP contribution in [0, 0.1) is 0 Å². The third-order valence-electron chi connectivity index (χ3n) is 6.34. The van der Waals surface area contributed by atoms with Crippen LogP contribution in [0.2, 0.25) is 16.7 Å². The number of rotatable bonds is 5. The van der Waals surface area contributed by atoms with E-state index in [0.29, 0.717) is 11.1 Å². The Morgan fingerprint density at radius 1 is 1.14 bits per heavy atom. The summed E-state index contributed by atoms with van der Waals surface area (Å²) in [7, 11) is 23.5. The van der Waals surface area contributed by atoms with Gasteiger partial charge in [0.05, 0.1) is 21.1 Å². The van der Waals surface area contributed by atoms with Gasteiger partial charge in [-0.05, 0) is 35.1 Å². The first kappa shape index (κ1) is 26.0. The van der Waals surface area contributed by atoms with Gasteiger partial charge < -0.3 is 15.0 Å². The van der Waals surface area contributed by atoms with Gasteiger partial charge in [-0.25, -0.2) is 0 Å². The highest BCUT2D eigenvalue weighted by atomic mass is 35.5. The van der Waals surface area contributed by atoms with Gasteiger partial charge in [-0.3, -0.25) is 19.2 Å². The molecule has 8 radical (unpaired) electrons. The number of fused-ring (bicyclic) bond motifs is 1. The second kappa shape index (κ2) is 9.10. The maximum atomic E-state index is 14.5. The van der Waals surface area contributed by atoms with Crippen molar-refractivity contribution < 1.29 is 28.0 Å². The second-order valence-corrected chi connectivity index (χ2v) is 8.97. The molecule has 0 spiro atoms. The van der Waals surface area contributed by atoms with Crippen molar-refractivity contribution in [1.82, 2.24) is 15.0 Å². The fourth-order valence-corrected chi connectivity index (χ4v) is 4.31. The maximum Gasteiger partial charge on any atom is 0.349 e. The molecular formula is C22H14B4ClF2N3O4. The van der Waals surface area contributed by atoms with E-state index in [9.17, 15) is 28.0 Å².